The summed E-state index contributed by atoms with van der Waals surface area (Å²) in [5.74, 6) is -0.925. The summed E-state index contributed by atoms with van der Waals surface area (Å²) in [6.45, 7) is 6.42. The Morgan fingerprint density at radius 2 is 0.565 bits per heavy atom. The van der Waals surface area contributed by atoms with Gasteiger partial charge in [0, 0.05) is 19.3 Å². The zero-order valence-corrected chi connectivity index (χ0v) is 44.8. The highest BCUT2D eigenvalue weighted by Crippen LogP contribution is 2.14. The van der Waals surface area contributed by atoms with E-state index in [1.807, 2.05) is 0 Å². The van der Waals surface area contributed by atoms with E-state index in [4.69, 9.17) is 14.2 Å². The molecule has 0 N–H and O–H groups in total. The van der Waals surface area contributed by atoms with Crippen molar-refractivity contribution in [3.63, 3.8) is 0 Å². The Morgan fingerprint density at radius 1 is 0.304 bits per heavy atom. The van der Waals surface area contributed by atoms with Crippen LogP contribution < -0.4 is 0 Å². The van der Waals surface area contributed by atoms with Crippen molar-refractivity contribution in [2.75, 3.05) is 13.2 Å². The summed E-state index contributed by atoms with van der Waals surface area (Å²) in [5, 5.41) is 0. The number of carbonyl (C=O) groups is 3. The van der Waals surface area contributed by atoms with Gasteiger partial charge in [-0.1, -0.05) is 233 Å². The molecule has 0 aromatic rings. The predicted octanol–water partition coefficient (Wildman–Crippen LogP) is 19.1. The molecular weight excluding hydrogens is 853 g/mol. The van der Waals surface area contributed by atoms with Crippen LogP contribution in [0.15, 0.2) is 109 Å². The van der Waals surface area contributed by atoms with Crippen LogP contribution in [0.4, 0.5) is 0 Å². The normalized spacial score (nSPS) is 12.9. The molecule has 6 heteroatoms. The van der Waals surface area contributed by atoms with Crippen LogP contribution in [-0.4, -0.2) is 37.2 Å². The molecule has 0 aliphatic heterocycles. The molecule has 6 nitrogen and oxygen atoms in total. The highest BCUT2D eigenvalue weighted by Gasteiger charge is 2.19. The van der Waals surface area contributed by atoms with Gasteiger partial charge >= 0.3 is 17.9 Å². The minimum absolute atomic E-state index is 0.0881. The van der Waals surface area contributed by atoms with E-state index in [0.29, 0.717) is 19.3 Å². The van der Waals surface area contributed by atoms with Gasteiger partial charge in [-0.25, -0.2) is 0 Å². The fraction of sp³-hybridized carbons (Fsp3) is 0.667. The molecule has 0 amide bonds. The van der Waals surface area contributed by atoms with Crippen molar-refractivity contribution in [2.24, 2.45) is 0 Å². The number of hydrogen-bond acceptors (Lipinski definition) is 6. The second-order valence-electron chi connectivity index (χ2n) is 18.5. The lowest BCUT2D eigenvalue weighted by atomic mass is 10.1. The lowest BCUT2D eigenvalue weighted by Crippen LogP contribution is -2.30. The third-order valence-corrected chi connectivity index (χ3v) is 11.8. The van der Waals surface area contributed by atoms with E-state index in [9.17, 15) is 14.4 Å². The maximum absolute atomic E-state index is 12.8. The lowest BCUT2D eigenvalue weighted by Gasteiger charge is -2.18. The van der Waals surface area contributed by atoms with Gasteiger partial charge in [0.05, 0.1) is 0 Å². The van der Waals surface area contributed by atoms with E-state index in [1.54, 1.807) is 0 Å². The molecule has 392 valence electrons. The topological polar surface area (TPSA) is 78.9 Å². The summed E-state index contributed by atoms with van der Waals surface area (Å²) in [6, 6.07) is 0. The number of carbonyl (C=O) groups excluding carboxylic acids is 3. The molecule has 0 heterocycles. The second kappa shape index (κ2) is 56.7. The molecule has 0 radical (unpaired) electrons. The van der Waals surface area contributed by atoms with Crippen molar-refractivity contribution in [1.29, 1.82) is 0 Å². The van der Waals surface area contributed by atoms with E-state index < -0.39 is 6.10 Å². The summed E-state index contributed by atoms with van der Waals surface area (Å²) >= 11 is 0. The Morgan fingerprint density at radius 3 is 0.899 bits per heavy atom. The Labute approximate surface area is 425 Å². The molecule has 0 rings (SSSR count). The molecule has 1 unspecified atom stereocenters. The van der Waals surface area contributed by atoms with Crippen molar-refractivity contribution in [3.05, 3.63) is 109 Å². The van der Waals surface area contributed by atoms with Gasteiger partial charge in [-0.05, 0) is 109 Å². The largest absolute Gasteiger partial charge is 0.462 e. The van der Waals surface area contributed by atoms with Gasteiger partial charge in [0.15, 0.2) is 6.10 Å². The highest BCUT2D eigenvalue weighted by molar-refractivity contribution is 5.71. The Bertz CT molecular complexity index is 1420. The van der Waals surface area contributed by atoms with Crippen LogP contribution in [0.2, 0.25) is 0 Å². The van der Waals surface area contributed by atoms with Gasteiger partial charge in [0.2, 0.25) is 0 Å². The molecular formula is C63H104O6. The molecule has 0 aromatic carbocycles. The predicted molar refractivity (Wildman–Crippen MR) is 297 cm³/mol. The standard InChI is InChI=1S/C63H104O6/c1-4-7-10-13-16-18-20-22-24-26-27-28-29-30-31-32-33-34-35-36-37-38-40-41-43-45-47-50-53-56-62(65)68-59-60(58-67-61(64)55-52-49-15-12-9-6-3)69-63(66)57-54-51-48-46-44-42-39-25-23-21-19-17-14-11-8-5-2/h7,10,16,18-19,21-22,24-25,27-28,30-31,33-34,36-37,39,60H,4-6,8-9,11-15,17,20,23,26,29,32,35,38,40-59H2,1-3H3/b10-7-,18-16-,21-19-,24-22-,28-27-,31-30-,34-33-,37-36-,39-25-. The van der Waals surface area contributed by atoms with Crippen molar-refractivity contribution in [3.8, 4) is 0 Å². The van der Waals surface area contributed by atoms with Crippen LogP contribution in [-0.2, 0) is 28.6 Å². The molecule has 0 aliphatic carbocycles. The number of esters is 3. The molecule has 0 aliphatic rings. The van der Waals surface area contributed by atoms with Gasteiger partial charge in [-0.3, -0.25) is 14.4 Å². The molecule has 0 bridgehead atoms. The molecule has 0 saturated carbocycles. The average molecular weight is 958 g/mol. The number of allylic oxidation sites excluding steroid dienone is 18. The zero-order valence-electron chi connectivity index (χ0n) is 44.8. The molecule has 0 spiro atoms. The minimum atomic E-state index is -0.788. The Balaban J connectivity index is 4.18. The van der Waals surface area contributed by atoms with Crippen molar-refractivity contribution in [2.45, 2.75) is 258 Å². The van der Waals surface area contributed by atoms with Gasteiger partial charge in [-0.2, -0.15) is 0 Å². The third-order valence-electron chi connectivity index (χ3n) is 11.8. The molecule has 69 heavy (non-hydrogen) atoms. The number of ether oxygens (including phenoxy) is 3. The monoisotopic (exact) mass is 957 g/mol. The van der Waals surface area contributed by atoms with E-state index >= 15 is 0 Å². The second-order valence-corrected chi connectivity index (χ2v) is 18.5. The average Bonchev–Trinajstić information content (AvgIpc) is 3.35. The van der Waals surface area contributed by atoms with E-state index in [2.05, 4.69) is 130 Å². The van der Waals surface area contributed by atoms with Gasteiger partial charge in [0.25, 0.3) is 0 Å². The van der Waals surface area contributed by atoms with Crippen LogP contribution in [0, 0.1) is 0 Å². The van der Waals surface area contributed by atoms with Crippen LogP contribution in [0.3, 0.4) is 0 Å². The summed E-state index contributed by atoms with van der Waals surface area (Å²) in [6.07, 6.45) is 76.8. The lowest BCUT2D eigenvalue weighted by molar-refractivity contribution is -0.167. The maximum atomic E-state index is 12.8. The molecule has 1 atom stereocenters. The summed E-state index contributed by atoms with van der Waals surface area (Å²) in [5.41, 5.74) is 0. The molecule has 0 saturated heterocycles. The SMILES string of the molecule is CC/C=C\C/C=C\C/C=C\C/C=C\C/C=C\C/C=C\C/C=C\CCCCCCCCCC(=O)OCC(COC(=O)CCCCCCCC)OC(=O)CCCCCCC/C=C\C/C=C\CCCCCC. The van der Waals surface area contributed by atoms with Crippen LogP contribution in [0.1, 0.15) is 252 Å². The van der Waals surface area contributed by atoms with E-state index in [1.165, 1.54) is 77.0 Å². The van der Waals surface area contributed by atoms with E-state index in [-0.39, 0.29) is 31.1 Å². The van der Waals surface area contributed by atoms with E-state index in [0.717, 1.165) is 135 Å². The van der Waals surface area contributed by atoms with Crippen molar-refractivity contribution in [1.82, 2.24) is 0 Å². The maximum Gasteiger partial charge on any atom is 0.306 e. The van der Waals surface area contributed by atoms with Gasteiger partial charge < -0.3 is 14.2 Å². The third kappa shape index (κ3) is 54.9. The van der Waals surface area contributed by atoms with Crippen molar-refractivity contribution >= 4 is 17.9 Å². The first-order valence-corrected chi connectivity index (χ1v) is 28.4. The zero-order chi connectivity index (χ0) is 50.0. The number of hydrogen-bond donors (Lipinski definition) is 0. The van der Waals surface area contributed by atoms with Crippen LogP contribution in [0.25, 0.3) is 0 Å². The number of unbranched alkanes of at least 4 members (excludes halogenated alkanes) is 21. The fourth-order valence-electron chi connectivity index (χ4n) is 7.51. The highest BCUT2D eigenvalue weighted by atomic mass is 16.6. The van der Waals surface area contributed by atoms with Crippen LogP contribution in [0.5, 0.6) is 0 Å². The smallest absolute Gasteiger partial charge is 0.306 e. The Hall–Kier alpha value is -3.93. The Kier molecular flexibility index (Phi) is 53.4. The van der Waals surface area contributed by atoms with Gasteiger partial charge in [-0.15, -0.1) is 0 Å². The first-order valence-electron chi connectivity index (χ1n) is 28.4. The first kappa shape index (κ1) is 65.1. The molecule has 0 fully saturated rings. The minimum Gasteiger partial charge on any atom is -0.462 e. The first-order chi connectivity index (χ1) is 34.0. The number of rotatable bonds is 50. The summed E-state index contributed by atoms with van der Waals surface area (Å²) < 4.78 is 16.7. The fourth-order valence-corrected chi connectivity index (χ4v) is 7.51. The van der Waals surface area contributed by atoms with Gasteiger partial charge in [0.1, 0.15) is 13.2 Å². The molecule has 0 aromatic heterocycles. The van der Waals surface area contributed by atoms with Crippen LogP contribution >= 0.6 is 0 Å². The summed E-state index contributed by atoms with van der Waals surface area (Å²) in [7, 11) is 0. The quantitative estimate of drug-likeness (QED) is 0.0262. The summed E-state index contributed by atoms with van der Waals surface area (Å²) in [4.78, 5) is 37.8. The van der Waals surface area contributed by atoms with Crippen molar-refractivity contribution < 1.29 is 28.6 Å².